The van der Waals surface area contributed by atoms with E-state index in [1.807, 2.05) is 0 Å². The van der Waals surface area contributed by atoms with Crippen LogP contribution in [0, 0.1) is 5.92 Å². The molecule has 4 aliphatic rings. The Morgan fingerprint density at radius 1 is 1.26 bits per heavy atom. The van der Waals surface area contributed by atoms with Crippen LogP contribution in [0.4, 0.5) is 5.82 Å². The van der Waals surface area contributed by atoms with E-state index in [1.54, 1.807) is 6.07 Å². The first-order valence-electron chi connectivity index (χ1n) is 7.38. The second-order valence-electron chi connectivity index (χ2n) is 6.18. The van der Waals surface area contributed by atoms with Gasteiger partial charge in [0.05, 0.1) is 0 Å². The van der Waals surface area contributed by atoms with E-state index in [2.05, 4.69) is 20.2 Å². The highest BCUT2D eigenvalue weighted by molar-refractivity contribution is 5.36. The fourth-order valence-electron chi connectivity index (χ4n) is 3.42. The number of piperidine rings is 3. The molecule has 5 heteroatoms. The van der Waals surface area contributed by atoms with Gasteiger partial charge in [-0.3, -0.25) is 4.79 Å². The monoisotopic (exact) mass is 260 g/mol. The molecule has 102 valence electrons. The number of rotatable bonds is 3. The van der Waals surface area contributed by atoms with Gasteiger partial charge in [-0.1, -0.05) is 0 Å². The maximum absolute atomic E-state index is 11.7. The van der Waals surface area contributed by atoms with Crippen LogP contribution < -0.4 is 10.9 Å². The molecule has 1 aromatic rings. The second-order valence-corrected chi connectivity index (χ2v) is 6.18. The first-order chi connectivity index (χ1) is 9.28. The van der Waals surface area contributed by atoms with Crippen LogP contribution in [0.3, 0.4) is 0 Å². The van der Waals surface area contributed by atoms with E-state index >= 15 is 0 Å². The lowest BCUT2D eigenvalue weighted by atomic mass is 9.84. The topological polar surface area (TPSA) is 61.0 Å². The number of fused-ring (bicyclic) bond motifs is 3. The summed E-state index contributed by atoms with van der Waals surface area (Å²) in [6.07, 6.45) is 4.87. The summed E-state index contributed by atoms with van der Waals surface area (Å²) in [4.78, 5) is 21.7. The lowest BCUT2D eigenvalue weighted by molar-refractivity contribution is 0.0973. The van der Waals surface area contributed by atoms with Crippen LogP contribution in [0.15, 0.2) is 10.9 Å². The standard InChI is InChI=1S/C14H20N4O/c19-13-7-12(16-14(17-13)10-1-2-10)15-11-8-18-5-3-9(11)4-6-18/h7,9-11H,1-6,8H2,(H2,15,16,17,19). The molecule has 3 aliphatic heterocycles. The minimum absolute atomic E-state index is 0.0272. The summed E-state index contributed by atoms with van der Waals surface area (Å²) in [6.45, 7) is 3.57. The zero-order valence-corrected chi connectivity index (χ0v) is 11.1. The third-order valence-corrected chi connectivity index (χ3v) is 4.71. The predicted octanol–water partition coefficient (Wildman–Crippen LogP) is 1.15. The van der Waals surface area contributed by atoms with E-state index in [9.17, 15) is 4.79 Å². The number of hydrogen-bond donors (Lipinski definition) is 2. The van der Waals surface area contributed by atoms with E-state index in [4.69, 9.17) is 0 Å². The molecule has 0 amide bonds. The van der Waals surface area contributed by atoms with Crippen molar-refractivity contribution in [2.45, 2.75) is 37.6 Å². The van der Waals surface area contributed by atoms with Crippen LogP contribution in [0.5, 0.6) is 0 Å². The maximum Gasteiger partial charge on any atom is 0.252 e. The van der Waals surface area contributed by atoms with Gasteiger partial charge in [0.2, 0.25) is 0 Å². The molecular formula is C14H20N4O. The molecule has 4 fully saturated rings. The number of aromatic nitrogens is 2. The summed E-state index contributed by atoms with van der Waals surface area (Å²) < 4.78 is 0. The lowest BCUT2D eigenvalue weighted by Gasteiger charge is -2.45. The van der Waals surface area contributed by atoms with Crippen LogP contribution in [0.25, 0.3) is 0 Å². The van der Waals surface area contributed by atoms with Gasteiger partial charge in [0.25, 0.3) is 5.56 Å². The van der Waals surface area contributed by atoms with Crippen molar-refractivity contribution < 1.29 is 0 Å². The van der Waals surface area contributed by atoms with Crippen molar-refractivity contribution in [1.82, 2.24) is 14.9 Å². The molecule has 2 N–H and O–H groups in total. The number of H-pyrrole nitrogens is 1. The van der Waals surface area contributed by atoms with Crippen LogP contribution in [0.1, 0.15) is 37.4 Å². The minimum Gasteiger partial charge on any atom is -0.366 e. The van der Waals surface area contributed by atoms with Gasteiger partial charge in [-0.2, -0.15) is 0 Å². The highest BCUT2D eigenvalue weighted by Crippen LogP contribution is 2.38. The van der Waals surface area contributed by atoms with Crippen molar-refractivity contribution in [3.05, 3.63) is 22.2 Å². The van der Waals surface area contributed by atoms with Crippen molar-refractivity contribution >= 4 is 5.82 Å². The Morgan fingerprint density at radius 2 is 2.05 bits per heavy atom. The normalized spacial score (nSPS) is 33.4. The summed E-state index contributed by atoms with van der Waals surface area (Å²) in [7, 11) is 0. The zero-order valence-electron chi connectivity index (χ0n) is 11.1. The fourth-order valence-corrected chi connectivity index (χ4v) is 3.42. The van der Waals surface area contributed by atoms with Gasteiger partial charge in [0, 0.05) is 24.6 Å². The van der Waals surface area contributed by atoms with Crippen molar-refractivity contribution in [3.8, 4) is 0 Å². The predicted molar refractivity (Wildman–Crippen MR) is 73.4 cm³/mol. The zero-order chi connectivity index (χ0) is 12.8. The molecular weight excluding hydrogens is 240 g/mol. The van der Waals surface area contributed by atoms with Crippen molar-refractivity contribution in [2.24, 2.45) is 5.92 Å². The van der Waals surface area contributed by atoms with Gasteiger partial charge in [-0.25, -0.2) is 4.98 Å². The molecule has 3 saturated heterocycles. The molecule has 1 atom stereocenters. The molecule has 19 heavy (non-hydrogen) atoms. The van der Waals surface area contributed by atoms with E-state index in [0.29, 0.717) is 12.0 Å². The second kappa shape index (κ2) is 4.34. The van der Waals surface area contributed by atoms with Crippen LogP contribution >= 0.6 is 0 Å². The summed E-state index contributed by atoms with van der Waals surface area (Å²) in [5.74, 6) is 2.87. The molecule has 1 saturated carbocycles. The Morgan fingerprint density at radius 3 is 2.68 bits per heavy atom. The van der Waals surface area contributed by atoms with Crippen molar-refractivity contribution in [1.29, 1.82) is 0 Å². The average Bonchev–Trinajstić information content (AvgIpc) is 3.23. The summed E-state index contributed by atoms with van der Waals surface area (Å²) in [5.41, 5.74) is -0.0272. The van der Waals surface area contributed by atoms with Gasteiger partial charge in [0.1, 0.15) is 11.6 Å². The molecule has 0 spiro atoms. The first kappa shape index (κ1) is 11.5. The molecule has 5 rings (SSSR count). The van der Waals surface area contributed by atoms with Crippen LogP contribution in [-0.4, -0.2) is 40.5 Å². The average molecular weight is 260 g/mol. The molecule has 0 aromatic carbocycles. The summed E-state index contributed by atoms with van der Waals surface area (Å²) in [6, 6.07) is 2.06. The molecule has 0 radical (unpaired) electrons. The molecule has 1 unspecified atom stereocenters. The number of nitrogens with zero attached hydrogens (tertiary/aromatic N) is 2. The summed E-state index contributed by atoms with van der Waals surface area (Å²) in [5, 5.41) is 3.50. The number of hydrogen-bond acceptors (Lipinski definition) is 4. The van der Waals surface area contributed by atoms with Gasteiger partial charge in [0.15, 0.2) is 0 Å². The highest BCUT2D eigenvalue weighted by Gasteiger charge is 2.34. The van der Waals surface area contributed by atoms with E-state index in [1.165, 1.54) is 25.9 Å². The van der Waals surface area contributed by atoms with Crippen LogP contribution in [-0.2, 0) is 0 Å². The Bertz CT molecular complexity index is 528. The Kier molecular flexibility index (Phi) is 2.62. The van der Waals surface area contributed by atoms with Gasteiger partial charge >= 0.3 is 0 Å². The van der Waals surface area contributed by atoms with Crippen LogP contribution in [0.2, 0.25) is 0 Å². The fraction of sp³-hybridized carbons (Fsp3) is 0.714. The van der Waals surface area contributed by atoms with Gasteiger partial charge in [-0.05, 0) is 44.7 Å². The Labute approximate surface area is 112 Å². The van der Waals surface area contributed by atoms with Gasteiger partial charge in [-0.15, -0.1) is 0 Å². The molecule has 1 aliphatic carbocycles. The quantitative estimate of drug-likeness (QED) is 0.856. The lowest BCUT2D eigenvalue weighted by Crippen LogP contribution is -2.53. The largest absolute Gasteiger partial charge is 0.366 e. The number of anilines is 1. The van der Waals surface area contributed by atoms with E-state index < -0.39 is 0 Å². The highest BCUT2D eigenvalue weighted by atomic mass is 16.1. The molecule has 5 nitrogen and oxygen atoms in total. The molecule has 4 heterocycles. The van der Waals surface area contributed by atoms with Crippen molar-refractivity contribution in [2.75, 3.05) is 25.0 Å². The SMILES string of the molecule is O=c1cc(NC2CN3CCC2CC3)nc(C2CC2)[nH]1. The molecule has 1 aromatic heterocycles. The first-order valence-corrected chi connectivity index (χ1v) is 7.38. The van der Waals surface area contributed by atoms with Crippen molar-refractivity contribution in [3.63, 3.8) is 0 Å². The third-order valence-electron chi connectivity index (χ3n) is 4.71. The Hall–Kier alpha value is -1.36. The van der Waals surface area contributed by atoms with E-state index in [0.717, 1.165) is 36.9 Å². The minimum atomic E-state index is -0.0272. The summed E-state index contributed by atoms with van der Waals surface area (Å²) >= 11 is 0. The van der Waals surface area contributed by atoms with Gasteiger partial charge < -0.3 is 15.2 Å². The molecule has 2 bridgehead atoms. The maximum atomic E-state index is 11.7. The van der Waals surface area contributed by atoms with E-state index in [-0.39, 0.29) is 5.56 Å². The number of nitrogens with one attached hydrogen (secondary N) is 2. The number of aromatic amines is 1. The third kappa shape index (κ3) is 2.27. The smallest absolute Gasteiger partial charge is 0.252 e. The Balaban J connectivity index is 1.54.